The van der Waals surface area contributed by atoms with Crippen molar-refractivity contribution in [1.29, 1.82) is 0 Å². The molecule has 0 aromatic rings. The molecule has 0 saturated heterocycles. The van der Waals surface area contributed by atoms with Crippen LogP contribution >= 0.6 is 0 Å². The van der Waals surface area contributed by atoms with E-state index in [1.54, 1.807) is 0 Å². The second-order valence-electron chi connectivity index (χ2n) is 1.75. The summed E-state index contributed by atoms with van der Waals surface area (Å²) in [5.74, 6) is 0.789. The van der Waals surface area contributed by atoms with E-state index in [0.717, 1.165) is 12.3 Å². The van der Waals surface area contributed by atoms with E-state index < -0.39 is 0 Å². The molecule has 8 heavy (non-hydrogen) atoms. The molecular weight excluding hydrogens is 104 g/mol. The molecule has 0 saturated carbocycles. The fourth-order valence-electron chi connectivity index (χ4n) is 0.634. The summed E-state index contributed by atoms with van der Waals surface area (Å²) in [4.78, 5) is 3.98. The quantitative estimate of drug-likeness (QED) is 0.526. The van der Waals surface area contributed by atoms with Crippen LogP contribution in [0.1, 0.15) is 13.3 Å². The number of aliphatic imine (C=N–C) groups is 1. The summed E-state index contributed by atoms with van der Waals surface area (Å²) in [5, 5.41) is 0. The highest BCUT2D eigenvalue weighted by molar-refractivity contribution is 5.77. The zero-order valence-electron chi connectivity index (χ0n) is 4.92. The second-order valence-corrected chi connectivity index (χ2v) is 1.75. The van der Waals surface area contributed by atoms with E-state index in [1.165, 1.54) is 0 Å². The van der Waals surface area contributed by atoms with E-state index in [0.29, 0.717) is 6.61 Å². The van der Waals surface area contributed by atoms with Crippen LogP contribution in [0, 0.1) is 0 Å². The van der Waals surface area contributed by atoms with Crippen molar-refractivity contribution in [3.8, 4) is 0 Å². The Bertz CT molecular complexity index is 111. The summed E-state index contributed by atoms with van der Waals surface area (Å²) in [5.41, 5.74) is 5.39. The normalized spacial score (nSPS) is 27.2. The standard InChI is InChI=1S/C5H10N2O/c1-2-5-7-4(6)3-8-5/h4H,2-3,6H2,1H3. The lowest BCUT2D eigenvalue weighted by Crippen LogP contribution is -2.17. The van der Waals surface area contributed by atoms with E-state index in [-0.39, 0.29) is 6.17 Å². The Morgan fingerprint density at radius 3 is 3.00 bits per heavy atom. The third-order valence-corrected chi connectivity index (χ3v) is 1.03. The summed E-state index contributed by atoms with van der Waals surface area (Å²) in [6.45, 7) is 2.56. The first-order chi connectivity index (χ1) is 3.83. The molecule has 46 valence electrons. The average Bonchev–Trinajstić information content (AvgIpc) is 2.14. The fraction of sp³-hybridized carbons (Fsp3) is 0.800. The van der Waals surface area contributed by atoms with Crippen LogP contribution in [0.4, 0.5) is 0 Å². The molecule has 1 rings (SSSR count). The van der Waals surface area contributed by atoms with Gasteiger partial charge in [-0.3, -0.25) is 0 Å². The van der Waals surface area contributed by atoms with E-state index in [9.17, 15) is 0 Å². The van der Waals surface area contributed by atoms with Crippen LogP contribution in [-0.2, 0) is 4.74 Å². The minimum atomic E-state index is -0.107. The molecule has 0 aromatic heterocycles. The van der Waals surface area contributed by atoms with Gasteiger partial charge in [-0.15, -0.1) is 0 Å². The molecule has 1 aliphatic rings. The highest BCUT2D eigenvalue weighted by Gasteiger charge is 2.11. The Morgan fingerprint density at radius 2 is 2.75 bits per heavy atom. The van der Waals surface area contributed by atoms with Gasteiger partial charge in [0.05, 0.1) is 0 Å². The zero-order valence-corrected chi connectivity index (χ0v) is 4.92. The van der Waals surface area contributed by atoms with Gasteiger partial charge < -0.3 is 10.5 Å². The Kier molecular flexibility index (Phi) is 1.48. The van der Waals surface area contributed by atoms with Gasteiger partial charge in [-0.1, -0.05) is 6.92 Å². The molecule has 0 bridgehead atoms. The summed E-state index contributed by atoms with van der Waals surface area (Å²) in [6, 6.07) is 0. The van der Waals surface area contributed by atoms with E-state index in [1.807, 2.05) is 6.92 Å². The maximum Gasteiger partial charge on any atom is 0.184 e. The Balaban J connectivity index is 2.44. The number of hydrogen-bond acceptors (Lipinski definition) is 3. The van der Waals surface area contributed by atoms with Crippen molar-refractivity contribution in [1.82, 2.24) is 0 Å². The van der Waals surface area contributed by atoms with E-state index in [4.69, 9.17) is 10.5 Å². The van der Waals surface area contributed by atoms with Gasteiger partial charge in [0.25, 0.3) is 0 Å². The number of rotatable bonds is 1. The van der Waals surface area contributed by atoms with Crippen LogP contribution in [-0.4, -0.2) is 18.7 Å². The number of nitrogens with zero attached hydrogens (tertiary/aromatic N) is 1. The van der Waals surface area contributed by atoms with Crippen LogP contribution in [0.5, 0.6) is 0 Å². The van der Waals surface area contributed by atoms with E-state index in [2.05, 4.69) is 4.99 Å². The minimum Gasteiger partial charge on any atom is -0.477 e. The molecular formula is C5H10N2O. The van der Waals surface area contributed by atoms with Crippen molar-refractivity contribution >= 4 is 5.90 Å². The van der Waals surface area contributed by atoms with Gasteiger partial charge in [0.1, 0.15) is 12.8 Å². The molecule has 1 aliphatic heterocycles. The van der Waals surface area contributed by atoms with Gasteiger partial charge in [-0.2, -0.15) is 0 Å². The Labute approximate surface area is 48.5 Å². The van der Waals surface area contributed by atoms with Crippen molar-refractivity contribution in [3.05, 3.63) is 0 Å². The van der Waals surface area contributed by atoms with Crippen molar-refractivity contribution in [3.63, 3.8) is 0 Å². The summed E-state index contributed by atoms with van der Waals surface area (Å²) < 4.78 is 5.04. The highest BCUT2D eigenvalue weighted by atomic mass is 16.5. The first kappa shape index (κ1) is 5.56. The van der Waals surface area contributed by atoms with Gasteiger partial charge in [-0.05, 0) is 0 Å². The lowest BCUT2D eigenvalue weighted by molar-refractivity contribution is 0.313. The molecule has 0 aliphatic carbocycles. The van der Waals surface area contributed by atoms with Crippen LogP contribution in [0.3, 0.4) is 0 Å². The zero-order chi connectivity index (χ0) is 5.98. The molecule has 0 fully saturated rings. The van der Waals surface area contributed by atoms with Crippen molar-refractivity contribution in [2.45, 2.75) is 19.5 Å². The summed E-state index contributed by atoms with van der Waals surface area (Å²) >= 11 is 0. The van der Waals surface area contributed by atoms with Gasteiger partial charge >= 0.3 is 0 Å². The lowest BCUT2D eigenvalue weighted by atomic mass is 10.5. The number of ether oxygens (including phenoxy) is 1. The first-order valence-corrected chi connectivity index (χ1v) is 2.78. The summed E-state index contributed by atoms with van der Waals surface area (Å²) in [6.07, 6.45) is 0.748. The third kappa shape index (κ3) is 0.980. The monoisotopic (exact) mass is 114 g/mol. The molecule has 0 amide bonds. The molecule has 1 unspecified atom stereocenters. The predicted molar refractivity (Wildman–Crippen MR) is 31.7 cm³/mol. The van der Waals surface area contributed by atoms with Gasteiger partial charge in [0.2, 0.25) is 0 Å². The third-order valence-electron chi connectivity index (χ3n) is 1.03. The second kappa shape index (κ2) is 2.13. The smallest absolute Gasteiger partial charge is 0.184 e. The van der Waals surface area contributed by atoms with E-state index >= 15 is 0 Å². The van der Waals surface area contributed by atoms with Crippen molar-refractivity contribution in [2.75, 3.05) is 6.61 Å². The largest absolute Gasteiger partial charge is 0.477 e. The average molecular weight is 114 g/mol. The molecule has 1 heterocycles. The lowest BCUT2D eigenvalue weighted by Gasteiger charge is -1.93. The van der Waals surface area contributed by atoms with Gasteiger partial charge in [-0.25, -0.2) is 4.99 Å². The highest BCUT2D eigenvalue weighted by Crippen LogP contribution is 2.00. The summed E-state index contributed by atoms with van der Waals surface area (Å²) in [7, 11) is 0. The van der Waals surface area contributed by atoms with Crippen LogP contribution in [0.2, 0.25) is 0 Å². The Hall–Kier alpha value is -0.570. The molecule has 2 N–H and O–H groups in total. The molecule has 0 aromatic carbocycles. The minimum absolute atomic E-state index is 0.107. The van der Waals surface area contributed by atoms with Gasteiger partial charge in [0, 0.05) is 6.42 Å². The SMILES string of the molecule is CCC1=NC(N)CO1. The number of hydrogen-bond donors (Lipinski definition) is 1. The molecule has 0 radical (unpaired) electrons. The Morgan fingerprint density at radius 1 is 2.00 bits per heavy atom. The molecule has 3 nitrogen and oxygen atoms in total. The van der Waals surface area contributed by atoms with Crippen LogP contribution in [0.25, 0.3) is 0 Å². The molecule has 0 spiro atoms. The maximum absolute atomic E-state index is 5.39. The maximum atomic E-state index is 5.39. The predicted octanol–water partition coefficient (Wildman–Crippen LogP) is 0.110. The van der Waals surface area contributed by atoms with Crippen LogP contribution in [0.15, 0.2) is 4.99 Å². The topological polar surface area (TPSA) is 47.6 Å². The fourth-order valence-corrected chi connectivity index (χ4v) is 0.634. The van der Waals surface area contributed by atoms with Crippen LogP contribution < -0.4 is 5.73 Å². The number of nitrogens with two attached hydrogens (primary N) is 1. The van der Waals surface area contributed by atoms with Crippen molar-refractivity contribution < 1.29 is 4.74 Å². The van der Waals surface area contributed by atoms with Gasteiger partial charge in [0.15, 0.2) is 5.90 Å². The molecule has 1 atom stereocenters. The van der Waals surface area contributed by atoms with Crippen molar-refractivity contribution in [2.24, 2.45) is 10.7 Å². The first-order valence-electron chi connectivity index (χ1n) is 2.78. The molecule has 3 heteroatoms.